The fourth-order valence-corrected chi connectivity index (χ4v) is 16.5. The van der Waals surface area contributed by atoms with Crippen molar-refractivity contribution in [3.05, 3.63) is 202 Å². The van der Waals surface area contributed by atoms with E-state index in [-0.39, 0.29) is 91.1 Å². The van der Waals surface area contributed by atoms with Crippen LogP contribution in [0.2, 0.25) is 15.1 Å². The summed E-state index contributed by atoms with van der Waals surface area (Å²) in [5.41, 5.74) is 0.818. The van der Waals surface area contributed by atoms with Crippen LogP contribution in [0.25, 0.3) is 0 Å². The van der Waals surface area contributed by atoms with E-state index in [0.717, 1.165) is 51.4 Å². The number of carbonyl (C=O) groups is 4. The van der Waals surface area contributed by atoms with Gasteiger partial charge >= 0.3 is 23.9 Å². The molecule has 0 radical (unpaired) electrons. The number of nitrogens with one attached hydrogen (secondary N) is 3. The quantitative estimate of drug-likeness (QED) is 0.00948. The second kappa shape index (κ2) is 37.7. The Bertz CT molecular complexity index is 4300. The molecule has 0 spiro atoms. The highest BCUT2D eigenvalue weighted by Crippen LogP contribution is 2.49. The molecule has 4 aliphatic heterocycles. The number of esters is 4. The minimum absolute atomic E-state index is 0.00643. The number of unbranched alkanes of at least 4 members (excludes halogenated alkanes) is 1. The summed E-state index contributed by atoms with van der Waals surface area (Å²) in [5, 5.41) is 19.2. The molecule has 0 bridgehead atoms. The molecule has 5 aromatic rings. The zero-order chi connectivity index (χ0) is 69.9. The van der Waals surface area contributed by atoms with E-state index >= 15 is 0 Å². The van der Waals surface area contributed by atoms with Crippen LogP contribution in [0.15, 0.2) is 204 Å². The van der Waals surface area contributed by atoms with Gasteiger partial charge < -0.3 is 40.0 Å². The van der Waals surface area contributed by atoms with E-state index in [9.17, 15) is 49.5 Å². The van der Waals surface area contributed by atoms with Gasteiger partial charge in [0.2, 0.25) is 0 Å². The van der Waals surface area contributed by atoms with Gasteiger partial charge in [-0.3, -0.25) is 9.59 Å². The van der Waals surface area contributed by atoms with Gasteiger partial charge in [-0.05, 0) is 144 Å². The third-order valence-electron chi connectivity index (χ3n) is 13.9. The van der Waals surface area contributed by atoms with Crippen LogP contribution < -0.4 is 20.7 Å². The predicted octanol–water partition coefficient (Wildman–Crippen LogP) is 15.6. The summed E-state index contributed by atoms with van der Waals surface area (Å²) >= 11 is 17.5. The van der Waals surface area contributed by atoms with Crippen molar-refractivity contribution in [1.29, 1.82) is 0 Å². The van der Waals surface area contributed by atoms with Crippen molar-refractivity contribution in [3.8, 4) is 11.5 Å². The minimum Gasteiger partial charge on any atom is -0.507 e. The Morgan fingerprint density at radius 3 is 1.41 bits per heavy atom. The van der Waals surface area contributed by atoms with Crippen molar-refractivity contribution in [2.24, 2.45) is 13.2 Å². The summed E-state index contributed by atoms with van der Waals surface area (Å²) in [6, 6.07) is 24.8. The van der Waals surface area contributed by atoms with Crippen LogP contribution in [-0.2, 0) is 53.9 Å². The van der Waals surface area contributed by atoms with Crippen LogP contribution in [0.4, 0.5) is 17.1 Å². The van der Waals surface area contributed by atoms with Gasteiger partial charge in [0.1, 0.15) is 50.5 Å². The number of nitrogens with zero attached hydrogens (tertiary/aromatic N) is 3. The Morgan fingerprint density at radius 1 is 0.536 bits per heavy atom. The number of anilines is 3. The number of rotatable bonds is 27. The SMILES string of the molecule is CC/C=C\C/C=C\C/C=C\C/C=C\C/C=C\C/C=C\CC(=O)OCC1=NS(=O)(=O)c2cc(Cl)ccc2N1.C[C@@]1(CCCCC(=O)OCC2=NS(=O)(=O)c3cc(Cl)ccc3N2)CCSS1.O=C(Oc1ccccc1C(=O)OCC1=NS(=O)(=O)c2cc(Cl)ccc2N1)c1ccccc1O. The molecule has 9 rings (SSSR count). The number of aromatic hydroxyl groups is 1. The van der Waals surface area contributed by atoms with Gasteiger partial charge in [0.25, 0.3) is 30.1 Å². The fourth-order valence-electron chi connectivity index (χ4n) is 9.03. The average molecular weight is 1480 g/mol. The van der Waals surface area contributed by atoms with Crippen LogP contribution in [0.5, 0.6) is 11.5 Å². The second-order valence-corrected chi connectivity index (χ2v) is 30.6. The standard InChI is InChI=1S/C29H35ClN2O4S.C22H15ClN2O7S.C17H21ClN2O4S3/c1-2-3-4-5-6-7-8-9-10-11-12-13-14-15-16-17-18-19-20-29(33)36-24-28-31-26-22-21-25(30)23-27(26)37(34,35)32-28;23-13-9-10-16-19(11-13)33(29,30)25-20(24-16)12-31-21(27)15-6-2-4-8-18(15)32-22(28)14-5-1-3-7-17(14)26;1-17(8-9-25-26-17)7-3-2-4-16(21)24-11-15-19-13-6-5-12(18)10-14(13)27(22,23)20-15/h3-4,6-7,9-10,12-13,15-16,18-19,21-23H,2,5,8,11,14,17,20,24H2,1H3,(H,31,32);1-11,26H,12H2,(H,24,25);5-6,10H,2-4,7-9,11H2,1H3,(H,19,20)/b4-3-,7-6-,10-9-,13-12-,16-15-,19-18-;;/t;;17-/m..1/s1. The maximum Gasteiger partial charge on any atom is 0.347 e. The van der Waals surface area contributed by atoms with E-state index in [2.05, 4.69) is 97.7 Å². The largest absolute Gasteiger partial charge is 0.507 e. The zero-order valence-corrected chi connectivity index (χ0v) is 59.1. The molecule has 4 heterocycles. The fraction of sp³-hybridized carbons (Fsp3) is 0.279. The highest BCUT2D eigenvalue weighted by atomic mass is 35.5. The maximum atomic E-state index is 12.6. The number of carbonyl (C=O) groups excluding carboxylic acids is 4. The first-order chi connectivity index (χ1) is 46.4. The van der Waals surface area contributed by atoms with Crippen molar-refractivity contribution in [3.63, 3.8) is 0 Å². The van der Waals surface area contributed by atoms with E-state index in [1.54, 1.807) is 48.5 Å². The third kappa shape index (κ3) is 24.8. The van der Waals surface area contributed by atoms with Gasteiger partial charge in [0.05, 0.1) is 23.5 Å². The molecule has 5 aromatic carbocycles. The van der Waals surface area contributed by atoms with Crippen molar-refractivity contribution >= 4 is 145 Å². The molecular formula is C68H71Cl3N6O15S5. The summed E-state index contributed by atoms with van der Waals surface area (Å²) in [6.07, 6.45) is 35.1. The van der Waals surface area contributed by atoms with Gasteiger partial charge in [-0.2, -0.15) is 25.3 Å². The number of phenolic OH excluding ortho intramolecular Hbond substituents is 1. The molecule has 0 amide bonds. The maximum absolute atomic E-state index is 12.6. The molecule has 4 N–H and O–H groups in total. The highest BCUT2D eigenvalue weighted by Gasteiger charge is 2.31. The molecule has 0 saturated carbocycles. The molecule has 1 atom stereocenters. The number of halogens is 3. The van der Waals surface area contributed by atoms with Gasteiger partial charge in [0.15, 0.2) is 24.1 Å². The topological polar surface area (TPSA) is 301 Å². The van der Waals surface area contributed by atoms with Crippen molar-refractivity contribution < 1.29 is 68.5 Å². The molecule has 29 heteroatoms. The normalized spacial score (nSPS) is 17.0. The van der Waals surface area contributed by atoms with Crippen LogP contribution in [-0.4, -0.2) is 102 Å². The summed E-state index contributed by atoms with van der Waals surface area (Å²) in [7, 11) is -7.92. The Morgan fingerprint density at radius 2 is 0.959 bits per heavy atom. The molecule has 0 unspecified atom stereocenters. The molecular weight excluding hydrogens is 1410 g/mol. The Kier molecular flexibility index (Phi) is 29.7. The van der Waals surface area contributed by atoms with Crippen LogP contribution in [0, 0.1) is 0 Å². The average Bonchev–Trinajstić information content (AvgIpc) is 1.74. The van der Waals surface area contributed by atoms with E-state index in [1.165, 1.54) is 72.8 Å². The lowest BCUT2D eigenvalue weighted by atomic mass is 9.99. The van der Waals surface area contributed by atoms with Crippen molar-refractivity contribution in [2.45, 2.75) is 110 Å². The molecule has 0 aliphatic carbocycles. The number of hydrogen-bond acceptors (Lipinski definition) is 20. The Labute approximate surface area is 587 Å². The Balaban J connectivity index is 0.000000207. The molecule has 0 aromatic heterocycles. The van der Waals surface area contributed by atoms with E-state index in [1.807, 2.05) is 33.7 Å². The van der Waals surface area contributed by atoms with Crippen LogP contribution in [0.1, 0.15) is 112 Å². The lowest BCUT2D eigenvalue weighted by molar-refractivity contribution is -0.142. The summed E-state index contributed by atoms with van der Waals surface area (Å²) in [5.74, 6) is -1.71. The Hall–Kier alpha value is -7.95. The van der Waals surface area contributed by atoms with Gasteiger partial charge in [-0.25, -0.2) is 9.59 Å². The van der Waals surface area contributed by atoms with E-state index in [0.29, 0.717) is 39.0 Å². The zero-order valence-electron chi connectivity index (χ0n) is 52.7. The summed E-state index contributed by atoms with van der Waals surface area (Å²) in [4.78, 5) is 48.8. The van der Waals surface area contributed by atoms with E-state index in [4.69, 9.17) is 53.8 Å². The number of phenols is 1. The summed E-state index contributed by atoms with van der Waals surface area (Å²) < 4.78 is 106. The third-order valence-corrected chi connectivity index (χ3v) is 22.0. The molecule has 4 aliphatic rings. The lowest BCUT2D eigenvalue weighted by Crippen LogP contribution is -2.27. The minimum atomic E-state index is -4.03. The molecule has 21 nitrogen and oxygen atoms in total. The number of amidine groups is 3. The lowest BCUT2D eigenvalue weighted by Gasteiger charge is -2.20. The second-order valence-electron chi connectivity index (χ2n) is 21.6. The number of para-hydroxylation sites is 2. The molecule has 1 saturated heterocycles. The number of hydrogen-bond donors (Lipinski definition) is 4. The van der Waals surface area contributed by atoms with Gasteiger partial charge in [-0.15, -0.1) is 13.2 Å². The first-order valence-corrected chi connectivity index (χ1v) is 38.2. The van der Waals surface area contributed by atoms with Crippen molar-refractivity contribution in [2.75, 3.05) is 41.5 Å². The number of ether oxygens (including phenoxy) is 4. The first-order valence-electron chi connectivity index (χ1n) is 30.4. The molecule has 1 fully saturated rings. The molecule has 514 valence electrons. The van der Waals surface area contributed by atoms with Gasteiger partial charge in [-0.1, -0.05) is 167 Å². The number of benzene rings is 5. The van der Waals surface area contributed by atoms with E-state index < -0.39 is 54.6 Å². The van der Waals surface area contributed by atoms with Gasteiger partial charge in [0, 0.05) is 32.0 Å². The summed E-state index contributed by atoms with van der Waals surface area (Å²) in [6.45, 7) is 3.46. The van der Waals surface area contributed by atoms with Crippen LogP contribution >= 0.6 is 56.4 Å². The number of fused-ring (bicyclic) bond motifs is 3. The highest BCUT2D eigenvalue weighted by molar-refractivity contribution is 8.77. The smallest absolute Gasteiger partial charge is 0.347 e. The van der Waals surface area contributed by atoms with Crippen LogP contribution in [0.3, 0.4) is 0 Å². The predicted molar refractivity (Wildman–Crippen MR) is 385 cm³/mol. The number of allylic oxidation sites excluding steroid dienone is 11. The monoisotopic (exact) mass is 1480 g/mol. The van der Waals surface area contributed by atoms with Crippen molar-refractivity contribution in [1.82, 2.24) is 0 Å². The first kappa shape index (κ1) is 76.4. The number of sulfonamides is 3. The molecule has 97 heavy (non-hydrogen) atoms.